The average molecular weight is 267 g/mol. The molecule has 0 spiro atoms. The monoisotopic (exact) mass is 267 g/mol. The molecule has 1 aliphatic heterocycles. The summed E-state index contributed by atoms with van der Waals surface area (Å²) in [5.41, 5.74) is 0.231. The van der Waals surface area contributed by atoms with Gasteiger partial charge in [0.15, 0.2) is 11.6 Å². The third-order valence-corrected chi connectivity index (χ3v) is 3.37. The Morgan fingerprint density at radius 2 is 1.95 bits per heavy atom. The van der Waals surface area contributed by atoms with Gasteiger partial charge in [0.1, 0.15) is 6.61 Å². The van der Waals surface area contributed by atoms with Gasteiger partial charge in [0.05, 0.1) is 0 Å². The van der Waals surface area contributed by atoms with Gasteiger partial charge < -0.3 is 14.8 Å². The summed E-state index contributed by atoms with van der Waals surface area (Å²) < 4.78 is 18.9. The van der Waals surface area contributed by atoms with E-state index in [4.69, 9.17) is 14.8 Å². The fraction of sp³-hybridized carbons (Fsp3) is 0.538. The van der Waals surface area contributed by atoms with Crippen molar-refractivity contribution >= 4 is 12.6 Å². The van der Waals surface area contributed by atoms with E-state index in [2.05, 4.69) is 4.90 Å². The molecule has 0 aromatic heterocycles. The number of hydrogen-bond donors (Lipinski definition) is 2. The lowest BCUT2D eigenvalue weighted by Gasteiger charge is -2.26. The molecule has 1 aromatic carbocycles. The highest BCUT2D eigenvalue weighted by atomic mass is 19.1. The first-order valence-electron chi connectivity index (χ1n) is 6.67. The lowest BCUT2D eigenvalue weighted by molar-refractivity contribution is 0.180. The van der Waals surface area contributed by atoms with E-state index in [1.807, 2.05) is 0 Å². The molecule has 0 saturated carbocycles. The van der Waals surface area contributed by atoms with Crippen LogP contribution in [0.15, 0.2) is 18.2 Å². The molecule has 1 aromatic rings. The summed E-state index contributed by atoms with van der Waals surface area (Å²) in [4.78, 5) is 2.30. The van der Waals surface area contributed by atoms with Crippen molar-refractivity contribution in [2.45, 2.75) is 19.3 Å². The molecule has 19 heavy (non-hydrogen) atoms. The van der Waals surface area contributed by atoms with Crippen LogP contribution in [0.3, 0.4) is 0 Å². The van der Waals surface area contributed by atoms with E-state index < -0.39 is 12.9 Å². The molecule has 1 fully saturated rings. The zero-order valence-electron chi connectivity index (χ0n) is 10.9. The predicted molar refractivity (Wildman–Crippen MR) is 72.0 cm³/mol. The van der Waals surface area contributed by atoms with Crippen molar-refractivity contribution in [3.8, 4) is 5.75 Å². The molecule has 1 saturated heterocycles. The second-order valence-corrected chi connectivity index (χ2v) is 4.81. The van der Waals surface area contributed by atoms with Crippen molar-refractivity contribution in [2.24, 2.45) is 0 Å². The first kappa shape index (κ1) is 14.3. The Morgan fingerprint density at radius 1 is 1.21 bits per heavy atom. The lowest BCUT2D eigenvalue weighted by atomic mass is 9.80. The Labute approximate surface area is 113 Å². The minimum absolute atomic E-state index is 0.0719. The second kappa shape index (κ2) is 6.89. The molecule has 4 nitrogen and oxygen atoms in total. The van der Waals surface area contributed by atoms with Crippen LogP contribution < -0.4 is 10.2 Å². The molecule has 0 aliphatic carbocycles. The summed E-state index contributed by atoms with van der Waals surface area (Å²) in [7, 11) is -1.61. The summed E-state index contributed by atoms with van der Waals surface area (Å²) >= 11 is 0. The van der Waals surface area contributed by atoms with E-state index in [0.717, 1.165) is 19.6 Å². The Morgan fingerprint density at radius 3 is 2.63 bits per heavy atom. The minimum atomic E-state index is -1.61. The summed E-state index contributed by atoms with van der Waals surface area (Å²) in [6, 6.07) is 3.85. The SMILES string of the molecule is OB(O)c1ccc(F)c(OCCN2CCCCC2)c1. The molecule has 6 heteroatoms. The maximum Gasteiger partial charge on any atom is 0.488 e. The molecule has 104 valence electrons. The minimum Gasteiger partial charge on any atom is -0.489 e. The van der Waals surface area contributed by atoms with Crippen LogP contribution in [0, 0.1) is 5.82 Å². The van der Waals surface area contributed by atoms with Crippen LogP contribution in [0.2, 0.25) is 0 Å². The van der Waals surface area contributed by atoms with Gasteiger partial charge in [0.2, 0.25) is 0 Å². The number of piperidine rings is 1. The number of benzene rings is 1. The number of halogens is 1. The van der Waals surface area contributed by atoms with Crippen LogP contribution in [-0.2, 0) is 0 Å². The molecule has 1 aliphatic rings. The van der Waals surface area contributed by atoms with Crippen LogP contribution >= 0.6 is 0 Å². The fourth-order valence-electron chi connectivity index (χ4n) is 2.26. The molecule has 2 rings (SSSR count). The van der Waals surface area contributed by atoms with Gasteiger partial charge in [0, 0.05) is 6.54 Å². The molecule has 0 amide bonds. The first-order valence-corrected chi connectivity index (χ1v) is 6.67. The topological polar surface area (TPSA) is 52.9 Å². The summed E-state index contributed by atoms with van der Waals surface area (Å²) in [6.07, 6.45) is 3.70. The Hall–Kier alpha value is -1.11. The Bertz CT molecular complexity index is 411. The molecule has 0 unspecified atom stereocenters. The van der Waals surface area contributed by atoms with Gasteiger partial charge in [-0.05, 0) is 43.5 Å². The molecule has 2 N–H and O–H groups in total. The van der Waals surface area contributed by atoms with Crippen molar-refractivity contribution in [3.63, 3.8) is 0 Å². The van der Waals surface area contributed by atoms with Gasteiger partial charge >= 0.3 is 7.12 Å². The number of nitrogens with zero attached hydrogens (tertiary/aromatic N) is 1. The summed E-state index contributed by atoms with van der Waals surface area (Å²) in [5.74, 6) is -0.411. The van der Waals surface area contributed by atoms with Gasteiger partial charge in [-0.2, -0.15) is 0 Å². The number of likely N-dealkylation sites (tertiary alicyclic amines) is 1. The average Bonchev–Trinajstić information content (AvgIpc) is 2.42. The van der Waals surface area contributed by atoms with E-state index >= 15 is 0 Å². The quantitative estimate of drug-likeness (QED) is 0.757. The first-order chi connectivity index (χ1) is 9.16. The number of rotatable bonds is 5. The summed E-state index contributed by atoms with van der Waals surface area (Å²) in [6.45, 7) is 3.32. The molecular formula is C13H19BFNO3. The maximum atomic E-state index is 13.5. The van der Waals surface area contributed by atoms with Crippen molar-refractivity contribution in [1.82, 2.24) is 4.90 Å². The van der Waals surface area contributed by atoms with E-state index in [-0.39, 0.29) is 11.2 Å². The highest BCUT2D eigenvalue weighted by Gasteiger charge is 2.15. The standard InChI is InChI=1S/C13H19BFNO3/c15-12-5-4-11(14(17)18)10-13(12)19-9-8-16-6-2-1-3-7-16/h4-5,10,17-18H,1-3,6-9H2. The smallest absolute Gasteiger partial charge is 0.488 e. The fourth-order valence-corrected chi connectivity index (χ4v) is 2.26. The normalized spacial score (nSPS) is 16.4. The van der Waals surface area contributed by atoms with E-state index in [1.54, 1.807) is 0 Å². The van der Waals surface area contributed by atoms with Gasteiger partial charge in [-0.3, -0.25) is 4.90 Å². The van der Waals surface area contributed by atoms with Crippen LogP contribution in [0.5, 0.6) is 5.75 Å². The van der Waals surface area contributed by atoms with Crippen molar-refractivity contribution in [2.75, 3.05) is 26.2 Å². The Balaban J connectivity index is 1.86. The van der Waals surface area contributed by atoms with Gasteiger partial charge in [-0.25, -0.2) is 4.39 Å². The zero-order chi connectivity index (χ0) is 13.7. The molecule has 0 atom stereocenters. The number of hydrogen-bond acceptors (Lipinski definition) is 4. The molecule has 1 heterocycles. The zero-order valence-corrected chi connectivity index (χ0v) is 10.9. The van der Waals surface area contributed by atoms with Crippen molar-refractivity contribution in [3.05, 3.63) is 24.0 Å². The van der Waals surface area contributed by atoms with E-state index in [1.165, 1.54) is 37.5 Å². The largest absolute Gasteiger partial charge is 0.489 e. The van der Waals surface area contributed by atoms with E-state index in [9.17, 15) is 4.39 Å². The predicted octanol–water partition coefficient (Wildman–Crippen LogP) is 0.370. The van der Waals surface area contributed by atoms with Gasteiger partial charge in [0.25, 0.3) is 0 Å². The van der Waals surface area contributed by atoms with Crippen LogP contribution in [0.1, 0.15) is 19.3 Å². The third-order valence-electron chi connectivity index (χ3n) is 3.37. The highest BCUT2D eigenvalue weighted by molar-refractivity contribution is 6.58. The van der Waals surface area contributed by atoms with Gasteiger partial charge in [-0.15, -0.1) is 0 Å². The van der Waals surface area contributed by atoms with Crippen molar-refractivity contribution < 1.29 is 19.2 Å². The van der Waals surface area contributed by atoms with Crippen LogP contribution in [0.25, 0.3) is 0 Å². The maximum absolute atomic E-state index is 13.5. The van der Waals surface area contributed by atoms with Crippen LogP contribution in [-0.4, -0.2) is 48.3 Å². The lowest BCUT2D eigenvalue weighted by Crippen LogP contribution is -2.33. The highest BCUT2D eigenvalue weighted by Crippen LogP contribution is 2.15. The van der Waals surface area contributed by atoms with Crippen molar-refractivity contribution in [1.29, 1.82) is 0 Å². The molecule has 0 bridgehead atoms. The Kier molecular flexibility index (Phi) is 5.19. The second-order valence-electron chi connectivity index (χ2n) is 4.81. The van der Waals surface area contributed by atoms with Gasteiger partial charge in [-0.1, -0.05) is 12.5 Å². The molecule has 0 radical (unpaired) electrons. The summed E-state index contributed by atoms with van der Waals surface area (Å²) in [5, 5.41) is 18.1. The van der Waals surface area contributed by atoms with E-state index in [0.29, 0.717) is 6.61 Å². The molecular weight excluding hydrogens is 248 g/mol. The third kappa shape index (κ3) is 4.19. The number of ether oxygens (including phenoxy) is 1. The van der Waals surface area contributed by atoms with Crippen LogP contribution in [0.4, 0.5) is 4.39 Å².